The summed E-state index contributed by atoms with van der Waals surface area (Å²) < 4.78 is 49.9. The van der Waals surface area contributed by atoms with E-state index >= 15 is 0 Å². The van der Waals surface area contributed by atoms with Crippen LogP contribution < -0.4 is 0 Å². The Labute approximate surface area is 251 Å². The molecule has 5 unspecified atom stereocenters. The summed E-state index contributed by atoms with van der Waals surface area (Å²) in [6.07, 6.45) is 0.441. The number of non-ortho nitro benzene ring substituents is 1. The average Bonchev–Trinajstić information content (AvgIpc) is 2.84. The van der Waals surface area contributed by atoms with Gasteiger partial charge in [0, 0.05) is 51.4 Å². The summed E-state index contributed by atoms with van der Waals surface area (Å²) in [6, 6.07) is 5.19. The van der Waals surface area contributed by atoms with E-state index in [2.05, 4.69) is 9.80 Å². The van der Waals surface area contributed by atoms with Crippen molar-refractivity contribution in [3.8, 4) is 0 Å². The van der Waals surface area contributed by atoms with Crippen molar-refractivity contribution in [3.63, 3.8) is 0 Å². The zero-order chi connectivity index (χ0) is 31.9. The zero-order valence-corrected chi connectivity index (χ0v) is 27.6. The Morgan fingerprint density at radius 2 is 1.07 bits per heavy atom. The van der Waals surface area contributed by atoms with E-state index in [0.717, 1.165) is 13.1 Å². The number of rotatable bonds is 11. The van der Waals surface area contributed by atoms with Crippen LogP contribution in [0.4, 0.5) is 5.69 Å². The Hall–Kier alpha value is -0.820. The normalized spacial score (nSPS) is 26.1. The lowest BCUT2D eigenvalue weighted by molar-refractivity contribution is -0.384. The molecule has 1 aromatic rings. The van der Waals surface area contributed by atoms with Crippen LogP contribution in [0.1, 0.15) is 18.4 Å². The van der Waals surface area contributed by atoms with Crippen molar-refractivity contribution in [1.29, 1.82) is 0 Å². The third kappa shape index (κ3) is 14.0. The molecule has 246 valence electrons. The molecule has 20 heteroatoms. The van der Waals surface area contributed by atoms with E-state index in [1.807, 2.05) is 4.90 Å². The Morgan fingerprint density at radius 3 is 1.51 bits per heavy atom. The molecular formula is C23H43N5O11P4. The first-order valence-corrected chi connectivity index (χ1v) is 21.9. The maximum Gasteiger partial charge on any atom is 0.335 e. The van der Waals surface area contributed by atoms with Crippen molar-refractivity contribution in [1.82, 2.24) is 19.6 Å². The molecule has 2 aliphatic heterocycles. The van der Waals surface area contributed by atoms with Gasteiger partial charge in [-0.05, 0) is 44.6 Å². The van der Waals surface area contributed by atoms with Crippen molar-refractivity contribution in [2.75, 3.05) is 89.8 Å². The topological polar surface area (TPSA) is 226 Å². The van der Waals surface area contributed by atoms with Gasteiger partial charge in [0.15, 0.2) is 0 Å². The number of nitrogens with zero attached hydrogens (tertiary/aromatic N) is 5. The van der Waals surface area contributed by atoms with Gasteiger partial charge < -0.3 is 34.3 Å². The fraction of sp³-hybridized carbons (Fsp3) is 0.739. The fourth-order valence-corrected chi connectivity index (χ4v) is 14.2. The van der Waals surface area contributed by atoms with Crippen molar-refractivity contribution in [2.24, 2.45) is 0 Å². The molecule has 2 heterocycles. The molecule has 3 rings (SSSR count). The van der Waals surface area contributed by atoms with E-state index in [1.54, 1.807) is 4.90 Å². The molecule has 1 aromatic carbocycles. The average molecular weight is 690 g/mol. The molecule has 2 aliphatic rings. The first kappa shape index (κ1) is 36.6. The summed E-state index contributed by atoms with van der Waals surface area (Å²) in [5.74, 6) is -1.80. The van der Waals surface area contributed by atoms with Crippen molar-refractivity contribution >= 4 is 35.4 Å². The molecule has 2 saturated heterocycles. The number of hydrogen-bond acceptors (Lipinski definition) is 10. The molecule has 16 nitrogen and oxygen atoms in total. The van der Waals surface area contributed by atoms with Crippen LogP contribution in [0.3, 0.4) is 0 Å². The smallest absolute Gasteiger partial charge is 0.335 e. The Balaban J connectivity index is 1.58. The number of nitro groups is 1. The van der Waals surface area contributed by atoms with Gasteiger partial charge >= 0.3 is 7.60 Å². The number of hydrogen-bond donors (Lipinski definition) is 5. The second-order valence-corrected chi connectivity index (χ2v) is 21.0. The third-order valence-corrected chi connectivity index (χ3v) is 16.7. The summed E-state index contributed by atoms with van der Waals surface area (Å²) in [6.45, 7) is 5.92. The van der Waals surface area contributed by atoms with Crippen LogP contribution >= 0.6 is 29.7 Å². The Bertz CT molecular complexity index is 1280. The van der Waals surface area contributed by atoms with E-state index in [0.29, 0.717) is 70.8 Å². The first-order chi connectivity index (χ1) is 19.9. The Kier molecular flexibility index (Phi) is 13.3. The quantitative estimate of drug-likeness (QED) is 0.127. The predicted molar refractivity (Wildman–Crippen MR) is 163 cm³/mol. The number of fused-ring (bicyclic) bond motifs is 3. The maximum absolute atomic E-state index is 13.2. The highest BCUT2D eigenvalue weighted by Gasteiger charge is 2.34. The zero-order valence-electron chi connectivity index (χ0n) is 24.0. The lowest BCUT2D eigenvalue weighted by Gasteiger charge is -2.36. The molecule has 0 spiro atoms. The van der Waals surface area contributed by atoms with Gasteiger partial charge in [0.1, 0.15) is 11.8 Å². The van der Waals surface area contributed by atoms with Crippen LogP contribution in [-0.2, 0) is 24.4 Å². The lowest BCUT2D eigenvalue weighted by Crippen LogP contribution is -2.47. The monoisotopic (exact) mass is 689 g/mol. The standard InChI is InChI=1S/C23H43N5O11P4/c29-28(30)23-5-3-22(4-6-23)17-40(31,32)20-41(33,34)18-26-9-1-7-25-12-11-24(13-15-26)8-2-10-27(16-14-25)19-42(35,36)21-43(37,38)39/h3-6H,1-2,7-21H2,(H,31,32)(H,33,34)(H,35,36)(H2,37,38,39). The summed E-state index contributed by atoms with van der Waals surface area (Å²) in [5, 5.41) is 10.8. The fourth-order valence-electron chi connectivity index (χ4n) is 5.47. The molecule has 0 radical (unpaired) electrons. The van der Waals surface area contributed by atoms with Crippen molar-refractivity contribution < 1.29 is 47.7 Å². The van der Waals surface area contributed by atoms with E-state index in [9.17, 15) is 52.8 Å². The molecule has 5 N–H and O–H groups in total. The molecule has 2 bridgehead atoms. The van der Waals surface area contributed by atoms with Gasteiger partial charge in [0.05, 0.1) is 23.7 Å². The highest BCUT2D eigenvalue weighted by Crippen LogP contribution is 2.59. The largest absolute Gasteiger partial charge is 0.344 e. The molecule has 0 aromatic heterocycles. The minimum Gasteiger partial charge on any atom is -0.344 e. The van der Waals surface area contributed by atoms with Gasteiger partial charge in [-0.25, -0.2) is 0 Å². The van der Waals surface area contributed by atoms with Crippen LogP contribution in [0, 0.1) is 10.1 Å². The SMILES string of the molecule is O=[N+]([O-])c1ccc(CP(=O)(O)CP(=O)(O)CN2CCCN3CCN(CCCN(CP(=O)(O)CP(=O)(O)O)CC3)CC2)cc1. The van der Waals surface area contributed by atoms with Crippen molar-refractivity contribution in [2.45, 2.75) is 19.0 Å². The van der Waals surface area contributed by atoms with E-state index in [1.165, 1.54) is 24.3 Å². The summed E-state index contributed by atoms with van der Waals surface area (Å²) >= 11 is 0. The molecule has 0 aliphatic carbocycles. The van der Waals surface area contributed by atoms with E-state index < -0.39 is 46.4 Å². The van der Waals surface area contributed by atoms with Crippen LogP contribution in [0.5, 0.6) is 0 Å². The van der Waals surface area contributed by atoms with Crippen molar-refractivity contribution in [3.05, 3.63) is 39.9 Å². The minimum atomic E-state index is -4.63. The van der Waals surface area contributed by atoms with Gasteiger partial charge in [0.2, 0.25) is 22.1 Å². The van der Waals surface area contributed by atoms with Crippen LogP contribution in [-0.4, -0.2) is 139 Å². The first-order valence-electron chi connectivity index (χ1n) is 14.0. The molecule has 0 saturated carbocycles. The summed E-state index contributed by atoms with van der Waals surface area (Å²) in [7, 11) is -16.8. The van der Waals surface area contributed by atoms with E-state index in [4.69, 9.17) is 0 Å². The molecular weight excluding hydrogens is 646 g/mol. The Morgan fingerprint density at radius 1 is 0.628 bits per heavy atom. The molecule has 5 atom stereocenters. The van der Waals surface area contributed by atoms with Gasteiger partial charge in [-0.15, -0.1) is 0 Å². The van der Waals surface area contributed by atoms with Gasteiger partial charge in [-0.2, -0.15) is 0 Å². The second kappa shape index (κ2) is 15.6. The molecule has 0 amide bonds. The second-order valence-electron chi connectivity index (χ2n) is 11.5. The van der Waals surface area contributed by atoms with Crippen LogP contribution in [0.15, 0.2) is 24.3 Å². The molecule has 2 fully saturated rings. The molecule has 43 heavy (non-hydrogen) atoms. The summed E-state index contributed by atoms with van der Waals surface area (Å²) in [4.78, 5) is 68.2. The summed E-state index contributed by atoms with van der Waals surface area (Å²) in [5.41, 5.74) is 0.216. The predicted octanol–water partition coefficient (Wildman–Crippen LogP) is 1.93. The number of nitro benzene ring substituents is 1. The number of benzene rings is 1. The minimum absolute atomic E-state index is 0.154. The third-order valence-electron chi connectivity index (χ3n) is 7.36. The van der Waals surface area contributed by atoms with Gasteiger partial charge in [-0.1, -0.05) is 12.1 Å². The van der Waals surface area contributed by atoms with E-state index in [-0.39, 0.29) is 24.4 Å². The highest BCUT2D eigenvalue weighted by atomic mass is 31.2. The van der Waals surface area contributed by atoms with Crippen LogP contribution in [0.2, 0.25) is 0 Å². The van der Waals surface area contributed by atoms with Gasteiger partial charge in [0.25, 0.3) is 5.69 Å². The van der Waals surface area contributed by atoms with Crippen LogP contribution in [0.25, 0.3) is 0 Å². The lowest BCUT2D eigenvalue weighted by atomic mass is 10.2. The van der Waals surface area contributed by atoms with Gasteiger partial charge in [-0.3, -0.25) is 38.2 Å². The highest BCUT2D eigenvalue weighted by molar-refractivity contribution is 7.74. The maximum atomic E-state index is 13.2.